The summed E-state index contributed by atoms with van der Waals surface area (Å²) in [6, 6.07) is 15.1. The Balaban J connectivity index is 1.66. The average Bonchev–Trinajstić information content (AvgIpc) is 3.17. The van der Waals surface area contributed by atoms with E-state index in [1.807, 2.05) is 0 Å². The van der Waals surface area contributed by atoms with Gasteiger partial charge in [0.1, 0.15) is 11.5 Å². The Morgan fingerprint density at radius 1 is 1.04 bits per heavy atom. The first-order valence-corrected chi connectivity index (χ1v) is 8.95. The molecule has 142 valence electrons. The van der Waals surface area contributed by atoms with Gasteiger partial charge in [0.15, 0.2) is 0 Å². The van der Waals surface area contributed by atoms with E-state index in [1.54, 1.807) is 60.7 Å². The molecule has 7 heteroatoms. The number of esters is 1. The number of halogens is 2. The summed E-state index contributed by atoms with van der Waals surface area (Å²) >= 11 is 12.2. The molecule has 0 fully saturated rings. The van der Waals surface area contributed by atoms with Crippen molar-refractivity contribution in [2.75, 3.05) is 12.4 Å². The molecule has 0 saturated heterocycles. The fraction of sp³-hybridized carbons (Fsp3) is 0.0476. The molecule has 3 aromatic rings. The van der Waals surface area contributed by atoms with E-state index in [1.165, 1.54) is 13.2 Å². The van der Waals surface area contributed by atoms with E-state index in [0.29, 0.717) is 38.4 Å². The minimum absolute atomic E-state index is 0.343. The Hall–Kier alpha value is -3.02. The van der Waals surface area contributed by atoms with E-state index in [4.69, 9.17) is 27.6 Å². The molecule has 0 saturated carbocycles. The number of carbonyl (C=O) groups excluding carboxylic acids is 2. The first-order chi connectivity index (χ1) is 13.5. The van der Waals surface area contributed by atoms with E-state index in [-0.39, 0.29) is 5.91 Å². The maximum absolute atomic E-state index is 12.1. The van der Waals surface area contributed by atoms with E-state index in [2.05, 4.69) is 10.1 Å². The monoisotopic (exact) mass is 415 g/mol. The molecule has 0 aliphatic rings. The Labute approximate surface area is 171 Å². The lowest BCUT2D eigenvalue weighted by Gasteiger charge is -2.03. The van der Waals surface area contributed by atoms with Gasteiger partial charge in [0.25, 0.3) is 0 Å². The fourth-order valence-electron chi connectivity index (χ4n) is 2.43. The molecule has 2 aromatic carbocycles. The first-order valence-electron chi connectivity index (χ1n) is 8.19. The van der Waals surface area contributed by atoms with Crippen molar-refractivity contribution < 1.29 is 18.7 Å². The summed E-state index contributed by atoms with van der Waals surface area (Å²) in [4.78, 5) is 23.5. The molecule has 1 amide bonds. The SMILES string of the molecule is COC(=O)c1ccc(NC(=O)C=Cc2ccc(-c3cccc(Cl)c3Cl)o2)cc1. The number of hydrogen-bond acceptors (Lipinski definition) is 4. The molecular weight excluding hydrogens is 401 g/mol. The standard InChI is InChI=1S/C21H15Cl2NO4/c1-27-21(26)13-5-7-14(8-6-13)24-19(25)12-10-15-9-11-18(28-15)16-3-2-4-17(22)20(16)23/h2-12H,1H3,(H,24,25). The van der Waals surface area contributed by atoms with Crippen LogP contribution >= 0.6 is 23.2 Å². The van der Waals surface area contributed by atoms with Crippen LogP contribution in [0.5, 0.6) is 0 Å². The van der Waals surface area contributed by atoms with Crippen molar-refractivity contribution in [3.05, 3.63) is 82.0 Å². The molecule has 0 radical (unpaired) electrons. The van der Waals surface area contributed by atoms with Crippen LogP contribution in [-0.4, -0.2) is 19.0 Å². The van der Waals surface area contributed by atoms with Gasteiger partial charge in [-0.25, -0.2) is 4.79 Å². The van der Waals surface area contributed by atoms with Gasteiger partial charge in [-0.2, -0.15) is 0 Å². The fourth-order valence-corrected chi connectivity index (χ4v) is 2.82. The molecule has 0 aliphatic heterocycles. The average molecular weight is 416 g/mol. The summed E-state index contributed by atoms with van der Waals surface area (Å²) in [6.45, 7) is 0. The van der Waals surface area contributed by atoms with Gasteiger partial charge in [-0.15, -0.1) is 0 Å². The summed E-state index contributed by atoms with van der Waals surface area (Å²) in [6.07, 6.45) is 2.89. The smallest absolute Gasteiger partial charge is 0.337 e. The lowest BCUT2D eigenvalue weighted by Crippen LogP contribution is -2.08. The van der Waals surface area contributed by atoms with Gasteiger partial charge in [-0.05, 0) is 54.6 Å². The molecular formula is C21H15Cl2NO4. The number of benzene rings is 2. The Kier molecular flexibility index (Phi) is 6.19. The number of hydrogen-bond donors (Lipinski definition) is 1. The molecule has 5 nitrogen and oxygen atoms in total. The minimum Gasteiger partial charge on any atom is -0.465 e. The third-order valence-electron chi connectivity index (χ3n) is 3.82. The molecule has 0 aliphatic carbocycles. The zero-order valence-corrected chi connectivity index (χ0v) is 16.3. The van der Waals surface area contributed by atoms with Crippen molar-refractivity contribution in [2.24, 2.45) is 0 Å². The normalized spacial score (nSPS) is 10.8. The van der Waals surface area contributed by atoms with Crippen LogP contribution in [0.2, 0.25) is 10.0 Å². The summed E-state index contributed by atoms with van der Waals surface area (Å²) in [7, 11) is 1.31. The predicted molar refractivity (Wildman–Crippen MR) is 110 cm³/mol. The number of rotatable bonds is 5. The van der Waals surface area contributed by atoms with Crippen LogP contribution in [0.1, 0.15) is 16.1 Å². The molecule has 0 unspecified atom stereocenters. The van der Waals surface area contributed by atoms with Crippen LogP contribution < -0.4 is 5.32 Å². The van der Waals surface area contributed by atoms with Crippen LogP contribution in [0.3, 0.4) is 0 Å². The number of carbonyl (C=O) groups is 2. The highest BCUT2D eigenvalue weighted by Gasteiger charge is 2.10. The largest absolute Gasteiger partial charge is 0.465 e. The molecule has 28 heavy (non-hydrogen) atoms. The molecule has 3 rings (SSSR count). The molecule has 0 spiro atoms. The lowest BCUT2D eigenvalue weighted by atomic mass is 10.2. The molecule has 0 atom stereocenters. The van der Waals surface area contributed by atoms with Gasteiger partial charge in [-0.3, -0.25) is 4.79 Å². The summed E-state index contributed by atoms with van der Waals surface area (Å²) in [5, 5.41) is 3.53. The number of nitrogens with one attached hydrogen (secondary N) is 1. The third-order valence-corrected chi connectivity index (χ3v) is 4.64. The van der Waals surface area contributed by atoms with Crippen LogP contribution in [0.25, 0.3) is 17.4 Å². The second-order valence-corrected chi connectivity index (χ2v) is 6.48. The lowest BCUT2D eigenvalue weighted by molar-refractivity contribution is -0.111. The van der Waals surface area contributed by atoms with Crippen LogP contribution in [0, 0.1) is 0 Å². The van der Waals surface area contributed by atoms with Crippen molar-refractivity contribution in [1.82, 2.24) is 0 Å². The minimum atomic E-state index is -0.439. The molecule has 1 heterocycles. The van der Waals surface area contributed by atoms with Crippen molar-refractivity contribution in [3.8, 4) is 11.3 Å². The molecule has 1 N–H and O–H groups in total. The second-order valence-electron chi connectivity index (χ2n) is 5.69. The number of ether oxygens (including phenoxy) is 1. The summed E-state index contributed by atoms with van der Waals surface area (Å²) < 4.78 is 10.3. The summed E-state index contributed by atoms with van der Waals surface area (Å²) in [5.74, 6) is 0.254. The number of methoxy groups -OCH3 is 1. The van der Waals surface area contributed by atoms with Crippen molar-refractivity contribution in [3.63, 3.8) is 0 Å². The Morgan fingerprint density at radius 3 is 2.50 bits per heavy atom. The van der Waals surface area contributed by atoms with Gasteiger partial charge >= 0.3 is 5.97 Å². The highest BCUT2D eigenvalue weighted by molar-refractivity contribution is 6.43. The van der Waals surface area contributed by atoms with Crippen molar-refractivity contribution in [2.45, 2.75) is 0 Å². The maximum Gasteiger partial charge on any atom is 0.337 e. The van der Waals surface area contributed by atoms with Crippen LogP contribution in [0.4, 0.5) is 5.69 Å². The number of furan rings is 1. The molecule has 0 bridgehead atoms. The Bertz CT molecular complexity index is 1040. The Morgan fingerprint density at radius 2 is 1.79 bits per heavy atom. The topological polar surface area (TPSA) is 68.5 Å². The van der Waals surface area contributed by atoms with E-state index in [0.717, 1.165) is 0 Å². The second kappa shape index (κ2) is 8.78. The van der Waals surface area contributed by atoms with Crippen molar-refractivity contribution >= 4 is 46.8 Å². The quantitative estimate of drug-likeness (QED) is 0.429. The van der Waals surface area contributed by atoms with Crippen LogP contribution in [0.15, 0.2) is 65.1 Å². The van der Waals surface area contributed by atoms with E-state index in [9.17, 15) is 9.59 Å². The summed E-state index contributed by atoms with van der Waals surface area (Å²) in [5.41, 5.74) is 1.62. The molecule has 1 aromatic heterocycles. The predicted octanol–water partition coefficient (Wildman–Crippen LogP) is 5.69. The number of amides is 1. The number of anilines is 1. The van der Waals surface area contributed by atoms with Gasteiger partial charge in [-0.1, -0.05) is 29.3 Å². The highest BCUT2D eigenvalue weighted by atomic mass is 35.5. The van der Waals surface area contributed by atoms with E-state index < -0.39 is 5.97 Å². The first kappa shape index (κ1) is 19.7. The maximum atomic E-state index is 12.1. The van der Waals surface area contributed by atoms with E-state index >= 15 is 0 Å². The highest BCUT2D eigenvalue weighted by Crippen LogP contribution is 2.34. The van der Waals surface area contributed by atoms with Gasteiger partial charge in [0.2, 0.25) is 5.91 Å². The van der Waals surface area contributed by atoms with Crippen molar-refractivity contribution in [1.29, 1.82) is 0 Å². The zero-order valence-electron chi connectivity index (χ0n) is 14.7. The third kappa shape index (κ3) is 4.63. The van der Waals surface area contributed by atoms with Gasteiger partial charge < -0.3 is 14.5 Å². The zero-order chi connectivity index (χ0) is 20.1. The van der Waals surface area contributed by atoms with Gasteiger partial charge in [0, 0.05) is 17.3 Å². The van der Waals surface area contributed by atoms with Gasteiger partial charge in [0.05, 0.1) is 22.7 Å². The van der Waals surface area contributed by atoms with Crippen LogP contribution in [-0.2, 0) is 9.53 Å².